The summed E-state index contributed by atoms with van der Waals surface area (Å²) in [6.45, 7) is 2.36. The quantitative estimate of drug-likeness (QED) is 0.154. The van der Waals surface area contributed by atoms with E-state index in [1.165, 1.54) is 28.0 Å². The lowest BCUT2D eigenvalue weighted by Crippen LogP contribution is -2.33. The second-order valence-electron chi connectivity index (χ2n) is 10.3. The zero-order chi connectivity index (χ0) is 30.8. The number of carbonyl (C=O) groups is 2. The van der Waals surface area contributed by atoms with Crippen LogP contribution < -0.4 is 10.6 Å². The average Bonchev–Trinajstić information content (AvgIpc) is 3.85. The summed E-state index contributed by atoms with van der Waals surface area (Å²) in [5, 5.41) is 40.8. The minimum Gasteiger partial charge on any atom is -0.462 e. The molecule has 16 heteroatoms. The monoisotopic (exact) mass is 608 g/mol. The lowest BCUT2D eigenvalue weighted by molar-refractivity contribution is -0.0511. The van der Waals surface area contributed by atoms with E-state index in [0.29, 0.717) is 23.5 Å². The van der Waals surface area contributed by atoms with Gasteiger partial charge in [0, 0.05) is 19.3 Å². The molecule has 4 aromatic rings. The Hall–Kier alpha value is -4.48. The van der Waals surface area contributed by atoms with Crippen LogP contribution in [0.1, 0.15) is 52.3 Å². The van der Waals surface area contributed by atoms with E-state index in [0.717, 1.165) is 18.4 Å². The van der Waals surface area contributed by atoms with Crippen molar-refractivity contribution in [3.05, 3.63) is 59.7 Å². The maximum absolute atomic E-state index is 12.9. The smallest absolute Gasteiger partial charge is 0.338 e. The number of amides is 1. The van der Waals surface area contributed by atoms with E-state index in [1.807, 2.05) is 0 Å². The summed E-state index contributed by atoms with van der Waals surface area (Å²) >= 11 is 0. The van der Waals surface area contributed by atoms with Crippen molar-refractivity contribution in [3.63, 3.8) is 0 Å². The number of anilines is 1. The number of aromatic nitrogens is 6. The first-order valence-corrected chi connectivity index (χ1v) is 14.2. The van der Waals surface area contributed by atoms with Crippen LogP contribution >= 0.6 is 0 Å². The van der Waals surface area contributed by atoms with E-state index in [4.69, 9.17) is 14.2 Å². The second kappa shape index (κ2) is 12.6. The largest absolute Gasteiger partial charge is 0.462 e. The maximum atomic E-state index is 12.9. The average molecular weight is 609 g/mol. The molecule has 5 atom stereocenters. The number of aliphatic hydroxyl groups excluding tert-OH is 3. The Morgan fingerprint density at radius 1 is 1.14 bits per heavy atom. The van der Waals surface area contributed by atoms with Crippen molar-refractivity contribution in [2.24, 2.45) is 0 Å². The first-order valence-electron chi connectivity index (χ1n) is 14.2. The first kappa shape index (κ1) is 29.6. The molecule has 0 saturated carbocycles. The number of nitrogens with one attached hydrogen (secondary N) is 2. The van der Waals surface area contributed by atoms with Crippen LogP contribution in [0.2, 0.25) is 0 Å². The first-order chi connectivity index (χ1) is 21.4. The SMILES string of the molecule is CCOC(=O)c1ccc(CNC(=O)c2cnn(-c3nc(N[C@H]4CCCO4)c4ncn([C@@H]5O[C@H](CO)[C@@H](O)[C@H]5O)c4n3)c2)cc1. The highest BCUT2D eigenvalue weighted by Crippen LogP contribution is 2.33. The summed E-state index contributed by atoms with van der Waals surface area (Å²) in [5.74, 6) is -0.358. The van der Waals surface area contributed by atoms with E-state index in [-0.39, 0.29) is 42.4 Å². The Balaban J connectivity index is 1.24. The fraction of sp³-hybridized carbons (Fsp3) is 0.429. The Kier molecular flexibility index (Phi) is 8.49. The lowest BCUT2D eigenvalue weighted by Gasteiger charge is -2.17. The highest BCUT2D eigenvalue weighted by atomic mass is 16.6. The third-order valence-electron chi connectivity index (χ3n) is 7.40. The van der Waals surface area contributed by atoms with E-state index in [2.05, 4.69) is 30.7 Å². The molecular weight excluding hydrogens is 576 g/mol. The Labute approximate surface area is 250 Å². The summed E-state index contributed by atoms with van der Waals surface area (Å²) < 4.78 is 19.2. The van der Waals surface area contributed by atoms with Crippen LogP contribution in [0.5, 0.6) is 0 Å². The molecule has 0 radical (unpaired) electrons. The molecule has 2 fully saturated rings. The summed E-state index contributed by atoms with van der Waals surface area (Å²) in [6.07, 6.45) is 0.881. The topological polar surface area (TPSA) is 208 Å². The van der Waals surface area contributed by atoms with Crippen molar-refractivity contribution >= 4 is 28.9 Å². The van der Waals surface area contributed by atoms with E-state index in [9.17, 15) is 24.9 Å². The molecule has 1 amide bonds. The predicted molar refractivity (Wildman–Crippen MR) is 152 cm³/mol. The standard InChI is InChI=1S/C28H32N8O8/c1-2-42-27(41)16-7-5-15(6-8-16)10-29-25(40)17-11-31-36(12-17)28-33-23(32-19-4-3-9-43-19)20-24(34-28)35(14-30-20)26-22(39)21(38)18(13-37)44-26/h5-8,11-12,14,18-19,21-22,26,37-39H,2-4,9-10,13H2,1H3,(H,29,40)(H,32,33,34)/t18-,19-,21-,22-,26-/m1/s1. The van der Waals surface area contributed by atoms with Gasteiger partial charge in [-0.05, 0) is 37.5 Å². The van der Waals surface area contributed by atoms with Crippen LogP contribution in [-0.4, -0.2) is 101 Å². The molecule has 0 aliphatic carbocycles. The minimum atomic E-state index is -1.35. The van der Waals surface area contributed by atoms with E-state index >= 15 is 0 Å². The molecule has 232 valence electrons. The summed E-state index contributed by atoms with van der Waals surface area (Å²) in [4.78, 5) is 38.4. The van der Waals surface area contributed by atoms with Crippen LogP contribution in [-0.2, 0) is 20.8 Å². The van der Waals surface area contributed by atoms with Gasteiger partial charge in [-0.3, -0.25) is 9.36 Å². The predicted octanol–water partition coefficient (Wildman–Crippen LogP) is 0.279. The van der Waals surface area contributed by atoms with Crippen molar-refractivity contribution in [1.82, 2.24) is 34.6 Å². The van der Waals surface area contributed by atoms with E-state index < -0.39 is 37.1 Å². The van der Waals surface area contributed by atoms with Gasteiger partial charge in [0.05, 0.1) is 36.9 Å². The number of imidazole rings is 1. The Bertz CT molecular complexity index is 1630. The van der Waals surface area contributed by atoms with Gasteiger partial charge in [0.25, 0.3) is 11.9 Å². The van der Waals surface area contributed by atoms with Gasteiger partial charge in [-0.15, -0.1) is 0 Å². The molecule has 16 nitrogen and oxygen atoms in total. The molecule has 2 aliphatic heterocycles. The van der Waals surface area contributed by atoms with Gasteiger partial charge in [-0.25, -0.2) is 14.5 Å². The third kappa shape index (κ3) is 5.85. The number of ether oxygens (including phenoxy) is 3. The van der Waals surface area contributed by atoms with Gasteiger partial charge in [0.2, 0.25) is 0 Å². The van der Waals surface area contributed by atoms with Gasteiger partial charge in [-0.2, -0.15) is 15.1 Å². The molecule has 1 aromatic carbocycles. The van der Waals surface area contributed by atoms with Gasteiger partial charge >= 0.3 is 5.97 Å². The fourth-order valence-corrected chi connectivity index (χ4v) is 5.06. The van der Waals surface area contributed by atoms with Crippen molar-refractivity contribution in [2.45, 2.75) is 57.1 Å². The number of hydrogen-bond donors (Lipinski definition) is 5. The van der Waals surface area contributed by atoms with Crippen molar-refractivity contribution in [3.8, 4) is 5.95 Å². The van der Waals surface area contributed by atoms with Gasteiger partial charge in [0.15, 0.2) is 23.2 Å². The molecule has 2 aliphatic rings. The maximum Gasteiger partial charge on any atom is 0.338 e. The molecule has 5 heterocycles. The molecule has 44 heavy (non-hydrogen) atoms. The zero-order valence-electron chi connectivity index (χ0n) is 23.7. The molecule has 0 unspecified atom stereocenters. The molecular formula is C28H32N8O8. The highest BCUT2D eigenvalue weighted by molar-refractivity contribution is 5.94. The number of nitrogens with zero attached hydrogens (tertiary/aromatic N) is 6. The third-order valence-corrected chi connectivity index (χ3v) is 7.40. The van der Waals surface area contributed by atoms with Crippen molar-refractivity contribution in [1.29, 1.82) is 0 Å². The summed E-state index contributed by atoms with van der Waals surface area (Å²) in [7, 11) is 0. The number of hydrogen-bond acceptors (Lipinski definition) is 13. The fourth-order valence-electron chi connectivity index (χ4n) is 5.06. The van der Waals surface area contributed by atoms with Crippen LogP contribution in [0.4, 0.5) is 5.82 Å². The van der Waals surface area contributed by atoms with E-state index in [1.54, 1.807) is 31.2 Å². The lowest BCUT2D eigenvalue weighted by atomic mass is 10.1. The van der Waals surface area contributed by atoms with Gasteiger partial charge < -0.3 is 40.2 Å². The molecule has 6 rings (SSSR count). The normalized spacial score (nSPS) is 23.2. The Morgan fingerprint density at radius 3 is 2.66 bits per heavy atom. The second-order valence-corrected chi connectivity index (χ2v) is 10.3. The number of carbonyl (C=O) groups excluding carboxylic acids is 2. The van der Waals surface area contributed by atoms with Crippen LogP contribution in [0, 0.1) is 0 Å². The number of benzene rings is 1. The van der Waals surface area contributed by atoms with Crippen LogP contribution in [0.3, 0.4) is 0 Å². The van der Waals surface area contributed by atoms with Crippen molar-refractivity contribution < 1.29 is 39.1 Å². The number of fused-ring (bicyclic) bond motifs is 1. The summed E-state index contributed by atoms with van der Waals surface area (Å²) in [5.41, 5.74) is 2.09. The van der Waals surface area contributed by atoms with Crippen LogP contribution in [0.15, 0.2) is 43.0 Å². The number of esters is 1. The number of aliphatic hydroxyl groups is 3. The molecule has 2 saturated heterocycles. The van der Waals surface area contributed by atoms with Gasteiger partial charge in [0.1, 0.15) is 24.5 Å². The Morgan fingerprint density at radius 2 is 1.95 bits per heavy atom. The van der Waals surface area contributed by atoms with Crippen LogP contribution in [0.25, 0.3) is 17.1 Å². The molecule has 0 spiro atoms. The molecule has 5 N–H and O–H groups in total. The zero-order valence-corrected chi connectivity index (χ0v) is 23.7. The summed E-state index contributed by atoms with van der Waals surface area (Å²) in [6, 6.07) is 6.74. The minimum absolute atomic E-state index is 0.0973. The molecule has 3 aromatic heterocycles. The molecule has 0 bridgehead atoms. The highest BCUT2D eigenvalue weighted by Gasteiger charge is 2.44. The number of rotatable bonds is 10. The van der Waals surface area contributed by atoms with Gasteiger partial charge in [-0.1, -0.05) is 12.1 Å². The van der Waals surface area contributed by atoms with Crippen molar-refractivity contribution in [2.75, 3.05) is 25.1 Å².